The summed E-state index contributed by atoms with van der Waals surface area (Å²) in [5.74, 6) is 1.02. The van der Waals surface area contributed by atoms with Crippen LogP contribution in [0.2, 0.25) is 0 Å². The lowest BCUT2D eigenvalue weighted by Crippen LogP contribution is -2.27. The average molecular weight is 287 g/mol. The van der Waals surface area contributed by atoms with E-state index in [1.165, 1.54) is 6.07 Å². The number of aliphatic hydroxyl groups excluding tert-OH is 1. The fraction of sp³-hybridized carbons (Fsp3) is 0.273. The Bertz CT molecular complexity index is 601. The molecule has 0 saturated carbocycles. The number of nitrogens with one attached hydrogen (secondary N) is 1. The number of hydrogen-bond donors (Lipinski definition) is 2. The molecule has 0 bridgehead atoms. The van der Waals surface area contributed by atoms with E-state index >= 15 is 0 Å². The van der Waals surface area contributed by atoms with E-state index in [1.807, 2.05) is 0 Å². The zero-order valence-corrected chi connectivity index (χ0v) is 11.3. The van der Waals surface area contributed by atoms with Gasteiger partial charge < -0.3 is 9.52 Å². The van der Waals surface area contributed by atoms with Crippen LogP contribution in [0.4, 0.5) is 0 Å². The van der Waals surface area contributed by atoms with E-state index in [9.17, 15) is 13.5 Å². The van der Waals surface area contributed by atoms with Crippen molar-refractivity contribution in [3.05, 3.63) is 41.2 Å². The molecule has 0 aliphatic heterocycles. The second-order valence-corrected chi connectivity index (χ2v) is 6.69. The molecule has 2 heterocycles. The lowest BCUT2D eigenvalue weighted by molar-refractivity contribution is 0.152. The Morgan fingerprint density at radius 2 is 2.22 bits per heavy atom. The number of rotatable bonds is 5. The lowest BCUT2D eigenvalue weighted by atomic mass is 10.3. The fourth-order valence-electron chi connectivity index (χ4n) is 1.41. The Morgan fingerprint density at radius 1 is 1.44 bits per heavy atom. The summed E-state index contributed by atoms with van der Waals surface area (Å²) in [6.07, 6.45) is -0.992. The second-order valence-electron chi connectivity index (χ2n) is 3.75. The van der Waals surface area contributed by atoms with Gasteiger partial charge in [-0.3, -0.25) is 0 Å². The first kappa shape index (κ1) is 13.3. The summed E-state index contributed by atoms with van der Waals surface area (Å²) < 4.78 is 31.4. The van der Waals surface area contributed by atoms with Gasteiger partial charge in [-0.05, 0) is 30.5 Å². The van der Waals surface area contributed by atoms with Crippen molar-refractivity contribution in [1.29, 1.82) is 0 Å². The first-order valence-electron chi connectivity index (χ1n) is 5.26. The van der Waals surface area contributed by atoms with Crippen LogP contribution in [0.3, 0.4) is 0 Å². The van der Waals surface area contributed by atoms with Crippen LogP contribution in [0.15, 0.2) is 38.3 Å². The van der Waals surface area contributed by atoms with Crippen molar-refractivity contribution in [2.45, 2.75) is 17.2 Å². The van der Waals surface area contributed by atoms with Gasteiger partial charge in [-0.15, -0.1) is 11.3 Å². The highest BCUT2D eigenvalue weighted by molar-refractivity contribution is 7.91. The molecule has 2 aromatic heterocycles. The summed E-state index contributed by atoms with van der Waals surface area (Å²) >= 11 is 1.13. The van der Waals surface area contributed by atoms with Gasteiger partial charge in [0.2, 0.25) is 10.0 Å². The maximum Gasteiger partial charge on any atom is 0.250 e. The summed E-state index contributed by atoms with van der Waals surface area (Å²) in [6.45, 7) is 1.64. The fourth-order valence-corrected chi connectivity index (χ4v) is 3.49. The minimum Gasteiger partial charge on any atom is -0.464 e. The van der Waals surface area contributed by atoms with Crippen LogP contribution >= 0.6 is 11.3 Å². The molecule has 0 aliphatic rings. The van der Waals surface area contributed by atoms with Gasteiger partial charge in [0.15, 0.2) is 0 Å². The van der Waals surface area contributed by atoms with Crippen molar-refractivity contribution in [3.8, 4) is 0 Å². The van der Waals surface area contributed by atoms with Crippen molar-refractivity contribution in [2.75, 3.05) is 6.54 Å². The summed E-state index contributed by atoms with van der Waals surface area (Å²) in [6, 6.07) is 6.51. The van der Waals surface area contributed by atoms with Crippen LogP contribution in [0.25, 0.3) is 0 Å². The van der Waals surface area contributed by atoms with E-state index in [2.05, 4.69) is 4.72 Å². The van der Waals surface area contributed by atoms with Crippen molar-refractivity contribution in [3.63, 3.8) is 0 Å². The molecule has 7 heteroatoms. The minimum absolute atomic E-state index is 0.118. The second kappa shape index (κ2) is 5.23. The zero-order valence-electron chi connectivity index (χ0n) is 9.66. The van der Waals surface area contributed by atoms with Gasteiger partial charge in [0.1, 0.15) is 21.8 Å². The third kappa shape index (κ3) is 2.99. The standard InChI is InChI=1S/C11H13NO4S2/c1-8-4-5-10(16-8)9(13)7-12-18(14,15)11-3-2-6-17-11/h2-6,9,12-13H,7H2,1H3. The van der Waals surface area contributed by atoms with E-state index in [4.69, 9.17) is 4.42 Å². The summed E-state index contributed by atoms with van der Waals surface area (Å²) in [5, 5.41) is 11.5. The molecule has 0 aliphatic carbocycles. The topological polar surface area (TPSA) is 79.5 Å². The first-order valence-corrected chi connectivity index (χ1v) is 7.63. The molecule has 98 valence electrons. The van der Waals surface area contributed by atoms with E-state index in [0.29, 0.717) is 11.5 Å². The third-order valence-corrected chi connectivity index (χ3v) is 5.14. The molecule has 18 heavy (non-hydrogen) atoms. The largest absolute Gasteiger partial charge is 0.464 e. The highest BCUT2D eigenvalue weighted by atomic mass is 32.2. The number of sulfonamides is 1. The molecular formula is C11H13NO4S2. The molecule has 1 unspecified atom stereocenters. The average Bonchev–Trinajstić information content (AvgIpc) is 2.96. The van der Waals surface area contributed by atoms with Crippen LogP contribution in [-0.4, -0.2) is 20.1 Å². The Morgan fingerprint density at radius 3 is 2.78 bits per heavy atom. The molecule has 2 aromatic rings. The van der Waals surface area contributed by atoms with Crippen LogP contribution in [-0.2, 0) is 10.0 Å². The maximum atomic E-state index is 11.8. The zero-order chi connectivity index (χ0) is 13.2. The van der Waals surface area contributed by atoms with Gasteiger partial charge in [0, 0.05) is 6.54 Å². The normalized spacial score (nSPS) is 13.7. The molecule has 0 radical (unpaired) electrons. The van der Waals surface area contributed by atoms with E-state index < -0.39 is 16.1 Å². The lowest BCUT2D eigenvalue weighted by Gasteiger charge is -2.09. The molecule has 5 nitrogen and oxygen atoms in total. The summed E-state index contributed by atoms with van der Waals surface area (Å²) in [5.41, 5.74) is 0. The first-order chi connectivity index (χ1) is 8.49. The molecule has 0 spiro atoms. The molecule has 0 aromatic carbocycles. The van der Waals surface area contributed by atoms with E-state index in [-0.39, 0.29) is 10.8 Å². The smallest absolute Gasteiger partial charge is 0.250 e. The van der Waals surface area contributed by atoms with E-state index in [1.54, 1.807) is 30.5 Å². The Hall–Kier alpha value is -1.15. The molecule has 0 fully saturated rings. The Labute approximate surface area is 109 Å². The maximum absolute atomic E-state index is 11.8. The van der Waals surface area contributed by atoms with Gasteiger partial charge in [-0.2, -0.15) is 0 Å². The van der Waals surface area contributed by atoms with Gasteiger partial charge in [0.05, 0.1) is 0 Å². The van der Waals surface area contributed by atoms with Crippen LogP contribution in [0.1, 0.15) is 17.6 Å². The third-order valence-electron chi connectivity index (χ3n) is 2.32. The molecule has 1 atom stereocenters. The van der Waals surface area contributed by atoms with Crippen LogP contribution < -0.4 is 4.72 Å². The summed E-state index contributed by atoms with van der Waals surface area (Å²) in [4.78, 5) is 0. The predicted octanol–water partition coefficient (Wildman–Crippen LogP) is 1.66. The number of thiophene rings is 1. The minimum atomic E-state index is -3.55. The number of aryl methyl sites for hydroxylation is 1. The quantitative estimate of drug-likeness (QED) is 0.876. The SMILES string of the molecule is Cc1ccc(C(O)CNS(=O)(=O)c2cccs2)o1. The van der Waals surface area contributed by atoms with Crippen molar-refractivity contribution in [1.82, 2.24) is 4.72 Å². The highest BCUT2D eigenvalue weighted by Crippen LogP contribution is 2.18. The van der Waals surface area contributed by atoms with Gasteiger partial charge in [-0.1, -0.05) is 6.07 Å². The van der Waals surface area contributed by atoms with E-state index in [0.717, 1.165) is 11.3 Å². The van der Waals surface area contributed by atoms with Crippen LogP contribution in [0.5, 0.6) is 0 Å². The van der Waals surface area contributed by atoms with Crippen molar-refractivity contribution in [2.24, 2.45) is 0 Å². The highest BCUT2D eigenvalue weighted by Gasteiger charge is 2.18. The molecule has 2 rings (SSSR count). The number of aliphatic hydroxyl groups is 1. The summed E-state index contributed by atoms with van der Waals surface area (Å²) in [7, 11) is -3.55. The molecule has 0 amide bonds. The molecule has 2 N–H and O–H groups in total. The van der Waals surface area contributed by atoms with Crippen molar-refractivity contribution >= 4 is 21.4 Å². The number of furan rings is 1. The van der Waals surface area contributed by atoms with Gasteiger partial charge >= 0.3 is 0 Å². The Kier molecular flexibility index (Phi) is 3.86. The molecular weight excluding hydrogens is 274 g/mol. The van der Waals surface area contributed by atoms with Crippen LogP contribution in [0, 0.1) is 6.92 Å². The number of hydrogen-bond acceptors (Lipinski definition) is 5. The van der Waals surface area contributed by atoms with Gasteiger partial charge in [-0.25, -0.2) is 13.1 Å². The Balaban J connectivity index is 2.00. The molecule has 0 saturated heterocycles. The predicted molar refractivity (Wildman–Crippen MR) is 67.9 cm³/mol. The monoisotopic (exact) mass is 287 g/mol. The van der Waals surface area contributed by atoms with Crippen molar-refractivity contribution < 1.29 is 17.9 Å². The van der Waals surface area contributed by atoms with Gasteiger partial charge in [0.25, 0.3) is 0 Å².